The van der Waals surface area contributed by atoms with Crippen molar-refractivity contribution in [1.29, 1.82) is 0 Å². The summed E-state index contributed by atoms with van der Waals surface area (Å²) in [7, 11) is 0. The molecule has 2 nitrogen and oxygen atoms in total. The zero-order chi connectivity index (χ0) is 14.4. The lowest BCUT2D eigenvalue weighted by atomic mass is 10.2. The van der Waals surface area contributed by atoms with E-state index in [1.807, 2.05) is 30.0 Å². The minimum atomic E-state index is 0.638. The first kappa shape index (κ1) is 15.6. The molecule has 20 heavy (non-hydrogen) atoms. The fraction of sp³-hybridized carbons (Fsp3) is 0.438. The first-order chi connectivity index (χ1) is 9.74. The number of hydrogen-bond acceptors (Lipinski definition) is 3. The maximum atomic E-state index is 6.26. The van der Waals surface area contributed by atoms with E-state index in [9.17, 15) is 0 Å². The molecule has 1 aromatic carbocycles. The van der Waals surface area contributed by atoms with Gasteiger partial charge in [0.05, 0.1) is 5.52 Å². The Morgan fingerprint density at radius 1 is 1.20 bits per heavy atom. The summed E-state index contributed by atoms with van der Waals surface area (Å²) in [5, 5.41) is 1.80. The van der Waals surface area contributed by atoms with E-state index in [2.05, 4.69) is 35.9 Å². The third-order valence-corrected chi connectivity index (χ3v) is 4.77. The van der Waals surface area contributed by atoms with Crippen LogP contribution in [0, 0.1) is 0 Å². The Morgan fingerprint density at radius 3 is 2.70 bits per heavy atom. The van der Waals surface area contributed by atoms with Crippen molar-refractivity contribution in [3.63, 3.8) is 0 Å². The van der Waals surface area contributed by atoms with E-state index in [1.165, 1.54) is 0 Å². The van der Waals surface area contributed by atoms with E-state index in [-0.39, 0.29) is 0 Å². The van der Waals surface area contributed by atoms with Crippen LogP contribution in [0.5, 0.6) is 0 Å². The van der Waals surface area contributed by atoms with Gasteiger partial charge in [0.25, 0.3) is 0 Å². The highest BCUT2D eigenvalue weighted by Gasteiger charge is 2.05. The van der Waals surface area contributed by atoms with Crippen molar-refractivity contribution in [2.45, 2.75) is 19.6 Å². The van der Waals surface area contributed by atoms with Crippen LogP contribution in [-0.4, -0.2) is 35.3 Å². The van der Waals surface area contributed by atoms with Gasteiger partial charge in [0.2, 0.25) is 0 Å². The van der Waals surface area contributed by atoms with Crippen molar-refractivity contribution in [2.24, 2.45) is 0 Å². The maximum absolute atomic E-state index is 6.26. The third kappa shape index (κ3) is 4.11. The summed E-state index contributed by atoms with van der Waals surface area (Å²) in [6.07, 6.45) is 0. The highest BCUT2D eigenvalue weighted by atomic mass is 35.5. The van der Waals surface area contributed by atoms with Crippen LogP contribution in [0.3, 0.4) is 0 Å². The molecule has 1 aromatic heterocycles. The second-order valence-electron chi connectivity index (χ2n) is 4.71. The maximum Gasteiger partial charge on any atom is 0.133 e. The molecular formula is C16H21ClN2S. The molecule has 108 valence electrons. The highest BCUT2D eigenvalue weighted by Crippen LogP contribution is 2.24. The molecule has 0 bridgehead atoms. The fourth-order valence-corrected chi connectivity index (χ4v) is 3.42. The second kappa shape index (κ2) is 7.87. The molecule has 4 heteroatoms. The number of aromatic nitrogens is 1. The smallest absolute Gasteiger partial charge is 0.133 e. The molecule has 0 aliphatic carbocycles. The average molecular weight is 309 g/mol. The number of hydrogen-bond donors (Lipinski definition) is 0. The molecule has 0 fully saturated rings. The summed E-state index contributed by atoms with van der Waals surface area (Å²) < 4.78 is 0. The monoisotopic (exact) mass is 308 g/mol. The van der Waals surface area contributed by atoms with Gasteiger partial charge in [0, 0.05) is 29.0 Å². The summed E-state index contributed by atoms with van der Waals surface area (Å²) in [5.41, 5.74) is 2.10. The molecule has 0 saturated heterocycles. The van der Waals surface area contributed by atoms with Crippen LogP contribution in [0.4, 0.5) is 0 Å². The lowest BCUT2D eigenvalue weighted by Gasteiger charge is -2.17. The van der Waals surface area contributed by atoms with Gasteiger partial charge in [-0.2, -0.15) is 11.8 Å². The zero-order valence-corrected chi connectivity index (χ0v) is 13.7. The van der Waals surface area contributed by atoms with E-state index < -0.39 is 0 Å². The van der Waals surface area contributed by atoms with Crippen molar-refractivity contribution < 1.29 is 0 Å². The molecule has 2 aromatic rings. The molecule has 0 amide bonds. The number of nitrogens with zero attached hydrogens (tertiary/aromatic N) is 2. The number of benzene rings is 1. The molecular weight excluding hydrogens is 288 g/mol. The van der Waals surface area contributed by atoms with E-state index in [0.717, 1.165) is 47.6 Å². The molecule has 0 N–H and O–H groups in total. The molecule has 0 radical (unpaired) electrons. The number of fused-ring (bicyclic) bond motifs is 1. The van der Waals surface area contributed by atoms with E-state index >= 15 is 0 Å². The standard InChI is InChI=1S/C16H21ClN2S/c1-3-19(4-2)9-10-20-12-14-11-13-7-5-6-8-15(13)18-16(14)17/h5-8,11H,3-4,9-10,12H2,1-2H3. The minimum Gasteiger partial charge on any atom is -0.303 e. The topological polar surface area (TPSA) is 16.1 Å². The Labute approximate surface area is 130 Å². The van der Waals surface area contributed by atoms with Gasteiger partial charge in [0.1, 0.15) is 5.15 Å². The first-order valence-corrected chi connectivity index (χ1v) is 8.62. The first-order valence-electron chi connectivity index (χ1n) is 7.08. The van der Waals surface area contributed by atoms with Crippen molar-refractivity contribution in [3.05, 3.63) is 41.0 Å². The van der Waals surface area contributed by atoms with E-state index in [4.69, 9.17) is 11.6 Å². The molecule has 2 rings (SSSR count). The molecule has 1 heterocycles. The van der Waals surface area contributed by atoms with Gasteiger partial charge < -0.3 is 4.90 Å². The van der Waals surface area contributed by atoms with Crippen molar-refractivity contribution >= 4 is 34.3 Å². The van der Waals surface area contributed by atoms with Gasteiger partial charge in [-0.1, -0.05) is 43.6 Å². The van der Waals surface area contributed by atoms with Crippen molar-refractivity contribution in [3.8, 4) is 0 Å². The average Bonchev–Trinajstić information content (AvgIpc) is 2.47. The predicted octanol–water partition coefficient (Wildman–Crippen LogP) is 4.46. The summed E-state index contributed by atoms with van der Waals surface area (Å²) in [5.74, 6) is 2.06. The lowest BCUT2D eigenvalue weighted by Crippen LogP contribution is -2.25. The van der Waals surface area contributed by atoms with Crippen LogP contribution in [0.2, 0.25) is 5.15 Å². The summed E-state index contributed by atoms with van der Waals surface area (Å²) in [4.78, 5) is 6.90. The van der Waals surface area contributed by atoms with Crippen molar-refractivity contribution in [2.75, 3.05) is 25.4 Å². The van der Waals surface area contributed by atoms with E-state index in [0.29, 0.717) is 5.15 Å². The van der Waals surface area contributed by atoms with E-state index in [1.54, 1.807) is 0 Å². The van der Waals surface area contributed by atoms with Crippen LogP contribution in [0.15, 0.2) is 30.3 Å². The van der Waals surface area contributed by atoms with Crippen LogP contribution in [0.25, 0.3) is 10.9 Å². The zero-order valence-electron chi connectivity index (χ0n) is 12.1. The fourth-order valence-electron chi connectivity index (χ4n) is 2.15. The van der Waals surface area contributed by atoms with Gasteiger partial charge >= 0.3 is 0 Å². The lowest BCUT2D eigenvalue weighted by molar-refractivity contribution is 0.324. The van der Waals surface area contributed by atoms with Gasteiger partial charge in [-0.05, 0) is 25.2 Å². The van der Waals surface area contributed by atoms with Crippen LogP contribution in [-0.2, 0) is 5.75 Å². The Bertz CT molecular complexity index is 555. The van der Waals surface area contributed by atoms with Crippen LogP contribution >= 0.6 is 23.4 Å². The Morgan fingerprint density at radius 2 is 1.95 bits per heavy atom. The van der Waals surface area contributed by atoms with Gasteiger partial charge in [-0.25, -0.2) is 4.98 Å². The quantitative estimate of drug-likeness (QED) is 0.555. The molecule has 0 atom stereocenters. The minimum absolute atomic E-state index is 0.638. The molecule has 0 aliphatic heterocycles. The molecule has 0 aliphatic rings. The van der Waals surface area contributed by atoms with Crippen molar-refractivity contribution in [1.82, 2.24) is 9.88 Å². The molecule has 0 spiro atoms. The predicted molar refractivity (Wildman–Crippen MR) is 90.7 cm³/mol. The van der Waals surface area contributed by atoms with Gasteiger partial charge in [-0.15, -0.1) is 0 Å². The largest absolute Gasteiger partial charge is 0.303 e. The third-order valence-electron chi connectivity index (χ3n) is 3.45. The molecule has 0 saturated carbocycles. The summed E-state index contributed by atoms with van der Waals surface area (Å²) >= 11 is 8.19. The number of rotatable bonds is 7. The number of pyridine rings is 1. The number of para-hydroxylation sites is 1. The number of halogens is 1. The van der Waals surface area contributed by atoms with Gasteiger partial charge in [0.15, 0.2) is 0 Å². The Kier molecular flexibility index (Phi) is 6.14. The highest BCUT2D eigenvalue weighted by molar-refractivity contribution is 7.98. The Balaban J connectivity index is 1.94. The van der Waals surface area contributed by atoms with Gasteiger partial charge in [-0.3, -0.25) is 0 Å². The SMILES string of the molecule is CCN(CC)CCSCc1cc2ccccc2nc1Cl. The second-order valence-corrected chi connectivity index (χ2v) is 6.17. The van der Waals surface area contributed by atoms with Crippen LogP contribution in [0.1, 0.15) is 19.4 Å². The normalized spacial score (nSPS) is 11.4. The van der Waals surface area contributed by atoms with Crippen LogP contribution < -0.4 is 0 Å². The summed E-state index contributed by atoms with van der Waals surface area (Å²) in [6, 6.07) is 10.3. The summed E-state index contributed by atoms with van der Waals surface area (Å²) in [6.45, 7) is 7.79. The number of thioether (sulfide) groups is 1. The molecule has 0 unspecified atom stereocenters. The Hall–Kier alpha value is -0.770.